The van der Waals surface area contributed by atoms with Gasteiger partial charge in [0, 0.05) is 23.6 Å². The van der Waals surface area contributed by atoms with E-state index in [-0.39, 0.29) is 0 Å². The molecule has 1 unspecified atom stereocenters. The van der Waals surface area contributed by atoms with Crippen LogP contribution in [0.5, 0.6) is 5.75 Å². The van der Waals surface area contributed by atoms with Gasteiger partial charge in [-0.05, 0) is 42.7 Å². The summed E-state index contributed by atoms with van der Waals surface area (Å²) < 4.78 is 5.32. The second-order valence-electron chi connectivity index (χ2n) is 7.48. The van der Waals surface area contributed by atoms with E-state index in [1.54, 1.807) is 7.11 Å². The number of alkyl halides is 1. The molecule has 0 N–H and O–H groups in total. The van der Waals surface area contributed by atoms with Crippen LogP contribution in [0.1, 0.15) is 64.7 Å². The van der Waals surface area contributed by atoms with E-state index in [9.17, 15) is 0 Å². The van der Waals surface area contributed by atoms with E-state index >= 15 is 0 Å². The lowest BCUT2D eigenvalue weighted by Crippen LogP contribution is -2.27. The molecule has 0 saturated carbocycles. The van der Waals surface area contributed by atoms with Gasteiger partial charge < -0.3 is 9.64 Å². The van der Waals surface area contributed by atoms with Gasteiger partial charge >= 0.3 is 0 Å². The topological polar surface area (TPSA) is 12.5 Å². The highest BCUT2D eigenvalue weighted by Gasteiger charge is 2.11. The van der Waals surface area contributed by atoms with E-state index < -0.39 is 0 Å². The molecule has 1 aliphatic rings. The number of ether oxygens (including phenoxy) is 1. The van der Waals surface area contributed by atoms with Gasteiger partial charge in [0.05, 0.1) is 7.11 Å². The molecule has 1 aromatic carbocycles. The van der Waals surface area contributed by atoms with Gasteiger partial charge in [-0.25, -0.2) is 0 Å². The van der Waals surface area contributed by atoms with E-state index in [4.69, 9.17) is 4.74 Å². The van der Waals surface area contributed by atoms with Crippen molar-refractivity contribution in [3.63, 3.8) is 0 Å². The number of allylic oxidation sites excluding steroid dienone is 2. The minimum absolute atomic E-state index is 0.489. The lowest BCUT2D eigenvalue weighted by molar-refractivity contribution is 0.415. The molecule has 0 fully saturated rings. The van der Waals surface area contributed by atoms with E-state index in [0.717, 1.165) is 25.3 Å². The number of nitrogens with zero attached hydrogens (tertiary/aromatic N) is 1. The number of rotatable bonds is 13. The van der Waals surface area contributed by atoms with Gasteiger partial charge in [-0.15, -0.1) is 0 Å². The molecule has 0 heterocycles. The van der Waals surface area contributed by atoms with Crippen molar-refractivity contribution < 1.29 is 4.74 Å². The summed E-state index contributed by atoms with van der Waals surface area (Å²) in [6.07, 6.45) is 18.9. The fourth-order valence-corrected chi connectivity index (χ4v) is 3.84. The summed E-state index contributed by atoms with van der Waals surface area (Å²) in [5.41, 5.74) is 2.70. The first-order valence-corrected chi connectivity index (χ1v) is 11.5. The normalized spacial score (nSPS) is 16.3. The lowest BCUT2D eigenvalue weighted by atomic mass is 10.1. The zero-order valence-corrected chi connectivity index (χ0v) is 18.7. The lowest BCUT2D eigenvalue weighted by Gasteiger charge is -2.27. The minimum atomic E-state index is 0.489. The minimum Gasteiger partial charge on any atom is -0.497 e. The number of halogens is 1. The maximum atomic E-state index is 5.32. The Hall–Kier alpha value is -1.22. The Morgan fingerprint density at radius 1 is 1.00 bits per heavy atom. The van der Waals surface area contributed by atoms with Crippen molar-refractivity contribution in [3.05, 3.63) is 48.1 Å². The van der Waals surface area contributed by atoms with Gasteiger partial charge in [0.1, 0.15) is 5.75 Å². The molecule has 1 aliphatic carbocycles. The molecule has 0 aliphatic heterocycles. The monoisotopic (exact) mass is 433 g/mol. The van der Waals surface area contributed by atoms with Crippen LogP contribution in [0.3, 0.4) is 0 Å². The molecule has 1 atom stereocenters. The highest BCUT2D eigenvalue weighted by molar-refractivity contribution is 9.09. The molecule has 0 aromatic heterocycles. The summed E-state index contributed by atoms with van der Waals surface area (Å²) in [5, 5.41) is 0. The third-order valence-electron chi connectivity index (χ3n) is 5.22. The van der Waals surface area contributed by atoms with E-state index in [1.165, 1.54) is 62.6 Å². The summed E-state index contributed by atoms with van der Waals surface area (Å²) in [6.45, 7) is 4.38. The molecule has 0 radical (unpaired) electrons. The molecule has 0 saturated heterocycles. The first kappa shape index (κ1) is 22.1. The third kappa shape index (κ3) is 8.55. The first-order valence-electron chi connectivity index (χ1n) is 10.6. The molecule has 150 valence electrons. The third-order valence-corrected chi connectivity index (χ3v) is 5.90. The van der Waals surface area contributed by atoms with Crippen molar-refractivity contribution in [2.75, 3.05) is 25.1 Å². The molecular weight excluding hydrogens is 398 g/mol. The van der Waals surface area contributed by atoms with Crippen LogP contribution in [0.2, 0.25) is 0 Å². The van der Waals surface area contributed by atoms with Crippen LogP contribution in [0.15, 0.2) is 48.1 Å². The van der Waals surface area contributed by atoms with Gasteiger partial charge in [-0.2, -0.15) is 0 Å². The van der Waals surface area contributed by atoms with E-state index in [1.807, 2.05) is 0 Å². The molecule has 1 aromatic rings. The van der Waals surface area contributed by atoms with Crippen molar-refractivity contribution >= 4 is 21.6 Å². The Bertz CT molecular complexity index is 579. The average molecular weight is 434 g/mol. The van der Waals surface area contributed by atoms with Gasteiger partial charge in [-0.3, -0.25) is 0 Å². The van der Waals surface area contributed by atoms with Gasteiger partial charge in [0.2, 0.25) is 0 Å². The van der Waals surface area contributed by atoms with Crippen LogP contribution in [0.25, 0.3) is 0 Å². The summed E-state index contributed by atoms with van der Waals surface area (Å²) in [6, 6.07) is 8.50. The van der Waals surface area contributed by atoms with Crippen molar-refractivity contribution in [3.8, 4) is 5.75 Å². The van der Waals surface area contributed by atoms with E-state index in [0.29, 0.717) is 4.83 Å². The number of hydrogen-bond donors (Lipinski definition) is 0. The molecule has 27 heavy (non-hydrogen) atoms. The van der Waals surface area contributed by atoms with E-state index in [2.05, 4.69) is 70.2 Å². The van der Waals surface area contributed by atoms with Gasteiger partial charge in [0.15, 0.2) is 0 Å². The Morgan fingerprint density at radius 3 is 2.26 bits per heavy atom. The highest BCUT2D eigenvalue weighted by Crippen LogP contribution is 2.23. The molecule has 2 rings (SSSR count). The van der Waals surface area contributed by atoms with Crippen LogP contribution >= 0.6 is 15.9 Å². The number of anilines is 1. The second kappa shape index (κ2) is 13.0. The van der Waals surface area contributed by atoms with Crippen LogP contribution in [0, 0.1) is 0 Å². The van der Waals surface area contributed by atoms with Crippen LogP contribution < -0.4 is 9.64 Å². The van der Waals surface area contributed by atoms with Crippen LogP contribution in [0.4, 0.5) is 5.69 Å². The Labute approximate surface area is 174 Å². The smallest absolute Gasteiger partial charge is 0.119 e. The quantitative estimate of drug-likeness (QED) is 0.239. The van der Waals surface area contributed by atoms with Gasteiger partial charge in [0.25, 0.3) is 0 Å². The summed E-state index contributed by atoms with van der Waals surface area (Å²) in [4.78, 5) is 3.00. The average Bonchev–Trinajstić information content (AvgIpc) is 2.70. The van der Waals surface area contributed by atoms with Crippen molar-refractivity contribution in [1.82, 2.24) is 0 Å². The second-order valence-corrected chi connectivity index (χ2v) is 8.66. The highest BCUT2D eigenvalue weighted by atomic mass is 79.9. The molecule has 3 heteroatoms. The summed E-state index contributed by atoms with van der Waals surface area (Å²) >= 11 is 3.67. The number of unbranched alkanes of at least 4 members (excludes halogenated alkanes) is 7. The van der Waals surface area contributed by atoms with Crippen LogP contribution in [-0.4, -0.2) is 25.0 Å². The maximum absolute atomic E-state index is 5.32. The standard InChI is InChI=1S/C24H36BrNO/c1-3-4-5-6-7-8-9-10-19-26(20-21-11-13-22(25)14-12-21)23-15-17-24(27-2)18-16-23/h11-13,15-18,22H,3-10,14,19-20H2,1-2H3. The molecule has 2 nitrogen and oxygen atoms in total. The predicted octanol–water partition coefficient (Wildman–Crippen LogP) is 7.29. The van der Waals surface area contributed by atoms with Crippen molar-refractivity contribution in [2.24, 2.45) is 0 Å². The zero-order valence-electron chi connectivity index (χ0n) is 17.1. The van der Waals surface area contributed by atoms with Crippen molar-refractivity contribution in [1.29, 1.82) is 0 Å². The molecule has 0 amide bonds. The summed E-state index contributed by atoms with van der Waals surface area (Å²) in [7, 11) is 1.72. The zero-order chi connectivity index (χ0) is 19.3. The Kier molecular flexibility index (Phi) is 10.7. The fraction of sp³-hybridized carbons (Fsp3) is 0.583. The number of methoxy groups -OCH3 is 1. The Balaban J connectivity index is 1.84. The molecule has 0 bridgehead atoms. The molecule has 0 spiro atoms. The fourth-order valence-electron chi connectivity index (χ4n) is 3.51. The Morgan fingerprint density at radius 2 is 1.67 bits per heavy atom. The van der Waals surface area contributed by atoms with Crippen LogP contribution in [-0.2, 0) is 0 Å². The summed E-state index contributed by atoms with van der Waals surface area (Å²) in [5.74, 6) is 0.921. The largest absolute Gasteiger partial charge is 0.497 e. The first-order chi connectivity index (χ1) is 13.2. The predicted molar refractivity (Wildman–Crippen MR) is 122 cm³/mol. The SMILES string of the molecule is CCCCCCCCCCN(CC1=CCC(Br)C=C1)c1ccc(OC)cc1. The van der Waals surface area contributed by atoms with Crippen molar-refractivity contribution in [2.45, 2.75) is 69.5 Å². The van der Waals surface area contributed by atoms with Gasteiger partial charge in [-0.1, -0.05) is 86.0 Å². The number of hydrogen-bond acceptors (Lipinski definition) is 2. The molecular formula is C24H36BrNO. The number of benzene rings is 1. The maximum Gasteiger partial charge on any atom is 0.119 e.